The van der Waals surface area contributed by atoms with Gasteiger partial charge in [0.25, 0.3) is 10.0 Å². The van der Waals surface area contributed by atoms with Crippen LogP contribution >= 0.6 is 23.2 Å². The fourth-order valence-electron chi connectivity index (χ4n) is 2.37. The van der Waals surface area contributed by atoms with Crippen LogP contribution < -0.4 is 4.31 Å². The van der Waals surface area contributed by atoms with Crippen molar-refractivity contribution in [1.82, 2.24) is 0 Å². The van der Waals surface area contributed by atoms with Crippen molar-refractivity contribution in [3.8, 4) is 0 Å². The Balaban J connectivity index is 2.67. The average Bonchev–Trinajstić information content (AvgIpc) is 2.48. The summed E-state index contributed by atoms with van der Waals surface area (Å²) in [5, 5.41) is 9.48. The first kappa shape index (κ1) is 18.6. The standard InChI is InChI=1S/C16H15Cl2NO4S/c1-10-4-3-5-11(2)16(10)19(9-15(20)21)24(22,23)12-6-7-13(17)14(18)8-12/h3-8H,9H2,1-2H3,(H,20,21). The van der Waals surface area contributed by atoms with E-state index in [9.17, 15) is 18.3 Å². The number of para-hydroxylation sites is 1. The van der Waals surface area contributed by atoms with Gasteiger partial charge in [0, 0.05) is 0 Å². The van der Waals surface area contributed by atoms with Gasteiger partial charge >= 0.3 is 5.97 Å². The van der Waals surface area contributed by atoms with Gasteiger partial charge in [0.1, 0.15) is 6.54 Å². The zero-order valence-electron chi connectivity index (χ0n) is 13.0. The predicted octanol–water partition coefficient (Wildman–Crippen LogP) is 3.89. The predicted molar refractivity (Wildman–Crippen MR) is 94.5 cm³/mol. The third kappa shape index (κ3) is 3.66. The molecule has 0 spiro atoms. The molecule has 0 atom stereocenters. The number of aliphatic carboxylic acids is 1. The quantitative estimate of drug-likeness (QED) is 0.843. The minimum absolute atomic E-state index is 0.0783. The number of carboxylic acids is 1. The normalized spacial score (nSPS) is 11.3. The summed E-state index contributed by atoms with van der Waals surface area (Å²) in [5.41, 5.74) is 1.64. The molecule has 8 heteroatoms. The first-order valence-corrected chi connectivity index (χ1v) is 9.10. The lowest BCUT2D eigenvalue weighted by Crippen LogP contribution is -2.36. The fourth-order valence-corrected chi connectivity index (χ4v) is 4.30. The van der Waals surface area contributed by atoms with Gasteiger partial charge in [-0.2, -0.15) is 0 Å². The van der Waals surface area contributed by atoms with E-state index in [4.69, 9.17) is 23.2 Å². The van der Waals surface area contributed by atoms with Crippen LogP contribution in [0.5, 0.6) is 0 Å². The molecule has 0 aliphatic carbocycles. The van der Waals surface area contributed by atoms with Crippen molar-refractivity contribution >= 4 is 44.9 Å². The van der Waals surface area contributed by atoms with Gasteiger partial charge in [-0.3, -0.25) is 9.10 Å². The fraction of sp³-hybridized carbons (Fsp3) is 0.188. The molecule has 128 valence electrons. The van der Waals surface area contributed by atoms with Gasteiger partial charge in [0.2, 0.25) is 0 Å². The highest BCUT2D eigenvalue weighted by Crippen LogP contribution is 2.32. The van der Waals surface area contributed by atoms with Crippen molar-refractivity contribution in [2.24, 2.45) is 0 Å². The van der Waals surface area contributed by atoms with Crippen molar-refractivity contribution in [3.63, 3.8) is 0 Å². The van der Waals surface area contributed by atoms with Crippen molar-refractivity contribution in [2.75, 3.05) is 10.8 Å². The Labute approximate surface area is 150 Å². The third-order valence-corrected chi connectivity index (χ3v) is 5.93. The monoisotopic (exact) mass is 387 g/mol. The van der Waals surface area contributed by atoms with Crippen LogP contribution in [0, 0.1) is 13.8 Å². The molecule has 0 fully saturated rings. The minimum Gasteiger partial charge on any atom is -0.480 e. The van der Waals surface area contributed by atoms with E-state index >= 15 is 0 Å². The Morgan fingerprint density at radius 2 is 1.67 bits per heavy atom. The molecule has 0 saturated carbocycles. The number of rotatable bonds is 5. The number of hydrogen-bond donors (Lipinski definition) is 1. The number of aryl methyl sites for hydroxylation is 2. The zero-order valence-corrected chi connectivity index (χ0v) is 15.3. The van der Waals surface area contributed by atoms with E-state index in [0.29, 0.717) is 16.8 Å². The Hall–Kier alpha value is -1.76. The largest absolute Gasteiger partial charge is 0.480 e. The summed E-state index contributed by atoms with van der Waals surface area (Å²) in [7, 11) is -4.12. The molecule has 0 bridgehead atoms. The number of benzene rings is 2. The third-order valence-electron chi connectivity index (χ3n) is 3.45. The second-order valence-electron chi connectivity index (χ2n) is 5.22. The summed E-state index contributed by atoms with van der Waals surface area (Å²) in [6.45, 7) is 2.75. The van der Waals surface area contributed by atoms with Crippen molar-refractivity contribution in [1.29, 1.82) is 0 Å². The molecule has 0 heterocycles. The van der Waals surface area contributed by atoms with E-state index in [0.717, 1.165) is 4.31 Å². The van der Waals surface area contributed by atoms with Crippen LogP contribution in [-0.4, -0.2) is 26.0 Å². The summed E-state index contributed by atoms with van der Waals surface area (Å²) < 4.78 is 26.9. The SMILES string of the molecule is Cc1cccc(C)c1N(CC(=O)O)S(=O)(=O)c1ccc(Cl)c(Cl)c1. The van der Waals surface area contributed by atoms with Crippen LogP contribution in [0.25, 0.3) is 0 Å². The number of carbonyl (C=O) groups is 1. The number of nitrogens with zero attached hydrogens (tertiary/aromatic N) is 1. The summed E-state index contributed by atoms with van der Waals surface area (Å²) >= 11 is 11.7. The minimum atomic E-state index is -4.12. The van der Waals surface area contributed by atoms with E-state index in [2.05, 4.69) is 0 Å². The van der Waals surface area contributed by atoms with Crippen LogP contribution in [0.2, 0.25) is 10.0 Å². The summed E-state index contributed by atoms with van der Waals surface area (Å²) in [5.74, 6) is -1.26. The molecule has 2 aromatic carbocycles. The molecule has 5 nitrogen and oxygen atoms in total. The Bertz CT molecular complexity index is 877. The Morgan fingerprint density at radius 3 is 2.17 bits per heavy atom. The highest BCUT2D eigenvalue weighted by Gasteiger charge is 2.29. The number of hydrogen-bond acceptors (Lipinski definition) is 3. The number of anilines is 1. The van der Waals surface area contributed by atoms with E-state index in [-0.39, 0.29) is 14.9 Å². The lowest BCUT2D eigenvalue weighted by atomic mass is 10.1. The van der Waals surface area contributed by atoms with E-state index < -0.39 is 22.5 Å². The highest BCUT2D eigenvalue weighted by molar-refractivity contribution is 7.92. The van der Waals surface area contributed by atoms with Gasteiger partial charge in [0.15, 0.2) is 0 Å². The molecule has 0 amide bonds. The van der Waals surface area contributed by atoms with Crippen LogP contribution in [0.4, 0.5) is 5.69 Å². The first-order chi connectivity index (χ1) is 11.1. The van der Waals surface area contributed by atoms with Gasteiger partial charge < -0.3 is 5.11 Å². The number of sulfonamides is 1. The smallest absolute Gasteiger partial charge is 0.324 e. The van der Waals surface area contributed by atoms with Gasteiger partial charge in [-0.05, 0) is 43.2 Å². The van der Waals surface area contributed by atoms with Crippen molar-refractivity contribution in [2.45, 2.75) is 18.7 Å². The molecule has 0 saturated heterocycles. The van der Waals surface area contributed by atoms with E-state index in [1.807, 2.05) is 0 Å². The Morgan fingerprint density at radius 1 is 1.08 bits per heavy atom. The summed E-state index contributed by atoms with van der Waals surface area (Å²) in [4.78, 5) is 11.1. The van der Waals surface area contributed by atoms with Gasteiger partial charge in [-0.25, -0.2) is 8.42 Å². The molecular formula is C16H15Cl2NO4S. The Kier molecular flexibility index (Phi) is 5.42. The maximum atomic E-state index is 13.0. The second-order valence-corrected chi connectivity index (χ2v) is 7.90. The van der Waals surface area contributed by atoms with Crippen LogP contribution in [-0.2, 0) is 14.8 Å². The average molecular weight is 388 g/mol. The van der Waals surface area contributed by atoms with Gasteiger partial charge in [0.05, 0.1) is 20.6 Å². The van der Waals surface area contributed by atoms with Gasteiger partial charge in [-0.1, -0.05) is 41.4 Å². The lowest BCUT2D eigenvalue weighted by molar-refractivity contribution is -0.135. The molecule has 2 rings (SSSR count). The van der Waals surface area contributed by atoms with Crippen molar-refractivity contribution < 1.29 is 18.3 Å². The molecule has 0 aromatic heterocycles. The molecule has 0 aliphatic heterocycles. The molecule has 24 heavy (non-hydrogen) atoms. The highest BCUT2D eigenvalue weighted by atomic mass is 35.5. The van der Waals surface area contributed by atoms with Crippen molar-refractivity contribution in [3.05, 3.63) is 57.6 Å². The second kappa shape index (κ2) is 7.01. The summed E-state index contributed by atoms with van der Waals surface area (Å²) in [6, 6.07) is 9.09. The van der Waals surface area contributed by atoms with Crippen LogP contribution in [0.1, 0.15) is 11.1 Å². The maximum Gasteiger partial charge on any atom is 0.324 e. The molecule has 2 aromatic rings. The van der Waals surface area contributed by atoms with Gasteiger partial charge in [-0.15, -0.1) is 0 Å². The molecule has 1 N–H and O–H groups in total. The van der Waals surface area contributed by atoms with Crippen LogP contribution in [0.3, 0.4) is 0 Å². The zero-order chi connectivity index (χ0) is 18.1. The van der Waals surface area contributed by atoms with E-state index in [1.54, 1.807) is 32.0 Å². The molecule has 0 radical (unpaired) electrons. The van der Waals surface area contributed by atoms with Crippen LogP contribution in [0.15, 0.2) is 41.3 Å². The summed E-state index contributed by atoms with van der Waals surface area (Å²) in [6.07, 6.45) is 0. The molecule has 0 aliphatic rings. The lowest BCUT2D eigenvalue weighted by Gasteiger charge is -2.26. The van der Waals surface area contributed by atoms with E-state index in [1.165, 1.54) is 18.2 Å². The topological polar surface area (TPSA) is 74.7 Å². The first-order valence-electron chi connectivity index (χ1n) is 6.90. The number of halogens is 2. The maximum absolute atomic E-state index is 13.0. The molecular weight excluding hydrogens is 373 g/mol. The number of carboxylic acid groups (broad SMARTS) is 1. The molecule has 0 unspecified atom stereocenters.